The molecule has 0 fully saturated rings. The van der Waals surface area contributed by atoms with E-state index in [0.717, 1.165) is 5.56 Å². The van der Waals surface area contributed by atoms with Gasteiger partial charge in [0.1, 0.15) is 0 Å². The van der Waals surface area contributed by atoms with Crippen LogP contribution in [0, 0.1) is 0 Å². The normalized spacial score (nSPS) is 10.0. The Morgan fingerprint density at radius 2 is 1.88 bits per heavy atom. The monoisotopic (exact) mass is 298 g/mol. The summed E-state index contributed by atoms with van der Waals surface area (Å²) in [7, 11) is 1.76. The second-order valence-corrected chi connectivity index (χ2v) is 4.54. The number of carbonyl (C=O) groups excluding carboxylic acids is 2. The van der Waals surface area contributed by atoms with Crippen LogP contribution in [0.2, 0.25) is 0 Å². The van der Waals surface area contributed by atoms with Gasteiger partial charge in [0.2, 0.25) is 11.8 Å². The van der Waals surface area contributed by atoms with Crippen molar-refractivity contribution in [1.82, 2.24) is 4.90 Å². The first-order valence-electron chi connectivity index (χ1n) is 5.23. The summed E-state index contributed by atoms with van der Waals surface area (Å²) in [5.41, 5.74) is 6.59. The number of rotatable bonds is 5. The number of halogens is 1. The van der Waals surface area contributed by atoms with Gasteiger partial charge in [-0.15, -0.1) is 0 Å². The second-order valence-electron chi connectivity index (χ2n) is 3.75. The van der Waals surface area contributed by atoms with E-state index in [0.29, 0.717) is 23.9 Å². The highest BCUT2D eigenvalue weighted by molar-refractivity contribution is 9.09. The summed E-state index contributed by atoms with van der Waals surface area (Å²) < 4.78 is 0. The average Bonchev–Trinajstić information content (AvgIpc) is 2.30. The van der Waals surface area contributed by atoms with Gasteiger partial charge in [-0.2, -0.15) is 0 Å². The lowest BCUT2D eigenvalue weighted by Gasteiger charge is -2.16. The quantitative estimate of drug-likeness (QED) is 0.838. The SMILES string of the molecule is CN(Cc1ccc(C(N)=O)cc1)C(=O)CCBr. The smallest absolute Gasteiger partial charge is 0.248 e. The van der Waals surface area contributed by atoms with Gasteiger partial charge < -0.3 is 10.6 Å². The average molecular weight is 299 g/mol. The number of primary amides is 1. The molecule has 0 unspecified atom stereocenters. The molecular weight excluding hydrogens is 284 g/mol. The zero-order chi connectivity index (χ0) is 12.8. The van der Waals surface area contributed by atoms with Crippen LogP contribution >= 0.6 is 15.9 Å². The first-order valence-corrected chi connectivity index (χ1v) is 6.35. The van der Waals surface area contributed by atoms with E-state index >= 15 is 0 Å². The Balaban J connectivity index is 2.63. The molecule has 17 heavy (non-hydrogen) atoms. The van der Waals surface area contributed by atoms with Crippen molar-refractivity contribution in [2.75, 3.05) is 12.4 Å². The highest BCUT2D eigenvalue weighted by atomic mass is 79.9. The van der Waals surface area contributed by atoms with Crippen molar-refractivity contribution < 1.29 is 9.59 Å². The summed E-state index contributed by atoms with van der Waals surface area (Å²) in [6.07, 6.45) is 0.482. The molecule has 2 amide bonds. The lowest BCUT2D eigenvalue weighted by molar-refractivity contribution is -0.129. The van der Waals surface area contributed by atoms with Gasteiger partial charge in [0.15, 0.2) is 0 Å². The van der Waals surface area contributed by atoms with Crippen molar-refractivity contribution in [3.63, 3.8) is 0 Å². The maximum atomic E-state index is 11.5. The Labute approximate surface area is 109 Å². The number of amides is 2. The van der Waals surface area contributed by atoms with E-state index in [9.17, 15) is 9.59 Å². The fraction of sp³-hybridized carbons (Fsp3) is 0.333. The van der Waals surface area contributed by atoms with E-state index in [1.165, 1.54) is 0 Å². The lowest BCUT2D eigenvalue weighted by atomic mass is 10.1. The van der Waals surface area contributed by atoms with E-state index in [2.05, 4.69) is 15.9 Å². The van der Waals surface area contributed by atoms with Crippen LogP contribution in [0.25, 0.3) is 0 Å². The van der Waals surface area contributed by atoms with Crippen molar-refractivity contribution in [1.29, 1.82) is 0 Å². The van der Waals surface area contributed by atoms with Crippen LogP contribution in [0.1, 0.15) is 22.3 Å². The third-order valence-corrected chi connectivity index (χ3v) is 2.79. The third kappa shape index (κ3) is 4.19. The zero-order valence-electron chi connectivity index (χ0n) is 9.65. The van der Waals surface area contributed by atoms with Gasteiger partial charge in [0, 0.05) is 30.9 Å². The maximum absolute atomic E-state index is 11.5. The van der Waals surface area contributed by atoms with Crippen LogP contribution in [-0.2, 0) is 11.3 Å². The highest BCUT2D eigenvalue weighted by Gasteiger charge is 2.08. The Kier molecular flexibility index (Phi) is 5.15. The Morgan fingerprint density at radius 1 is 1.29 bits per heavy atom. The molecule has 1 rings (SSSR count). The van der Waals surface area contributed by atoms with Crippen molar-refractivity contribution in [2.45, 2.75) is 13.0 Å². The second kappa shape index (κ2) is 6.39. The molecule has 0 bridgehead atoms. The van der Waals surface area contributed by atoms with E-state index in [4.69, 9.17) is 5.73 Å². The molecular formula is C12H15BrN2O2. The minimum absolute atomic E-state index is 0.0841. The van der Waals surface area contributed by atoms with Crippen LogP contribution in [0.15, 0.2) is 24.3 Å². The lowest BCUT2D eigenvalue weighted by Crippen LogP contribution is -2.26. The van der Waals surface area contributed by atoms with Crippen LogP contribution in [0.5, 0.6) is 0 Å². The molecule has 0 aromatic heterocycles. The molecule has 0 aliphatic carbocycles. The summed E-state index contributed by atoms with van der Waals surface area (Å²) in [5, 5.41) is 0.663. The largest absolute Gasteiger partial charge is 0.366 e. The van der Waals surface area contributed by atoms with Crippen molar-refractivity contribution in [3.05, 3.63) is 35.4 Å². The third-order valence-electron chi connectivity index (χ3n) is 2.39. The van der Waals surface area contributed by atoms with Crippen LogP contribution in [-0.4, -0.2) is 29.1 Å². The maximum Gasteiger partial charge on any atom is 0.248 e. The number of alkyl halides is 1. The van der Waals surface area contributed by atoms with Gasteiger partial charge >= 0.3 is 0 Å². The van der Waals surface area contributed by atoms with Crippen molar-refractivity contribution in [3.8, 4) is 0 Å². The van der Waals surface area contributed by atoms with E-state index in [1.807, 2.05) is 0 Å². The van der Waals surface area contributed by atoms with Gasteiger partial charge in [-0.3, -0.25) is 9.59 Å². The van der Waals surface area contributed by atoms with Crippen LogP contribution in [0.3, 0.4) is 0 Å². The van der Waals surface area contributed by atoms with E-state index in [1.54, 1.807) is 36.2 Å². The van der Waals surface area contributed by atoms with Gasteiger partial charge in [-0.1, -0.05) is 28.1 Å². The Bertz CT molecular complexity index is 403. The fourth-order valence-electron chi connectivity index (χ4n) is 1.41. The summed E-state index contributed by atoms with van der Waals surface area (Å²) >= 11 is 3.23. The molecule has 5 heteroatoms. The molecule has 0 atom stereocenters. The minimum Gasteiger partial charge on any atom is -0.366 e. The summed E-state index contributed by atoms with van der Waals surface area (Å²) in [5.74, 6) is -0.360. The van der Waals surface area contributed by atoms with Crippen molar-refractivity contribution in [2.24, 2.45) is 5.73 Å². The first kappa shape index (κ1) is 13.7. The highest BCUT2D eigenvalue weighted by Crippen LogP contribution is 2.07. The molecule has 1 aromatic carbocycles. The zero-order valence-corrected chi connectivity index (χ0v) is 11.2. The summed E-state index contributed by atoms with van der Waals surface area (Å²) in [6.45, 7) is 0.533. The van der Waals surface area contributed by atoms with Gasteiger partial charge in [0.25, 0.3) is 0 Å². The summed E-state index contributed by atoms with van der Waals surface area (Å²) in [4.78, 5) is 24.1. The van der Waals surface area contributed by atoms with Crippen LogP contribution < -0.4 is 5.73 Å². The molecule has 0 saturated heterocycles. The Hall–Kier alpha value is -1.36. The number of nitrogens with zero attached hydrogens (tertiary/aromatic N) is 1. The molecule has 0 spiro atoms. The first-order chi connectivity index (χ1) is 8.04. The van der Waals surface area contributed by atoms with Gasteiger partial charge in [0.05, 0.1) is 0 Å². The molecule has 0 heterocycles. The number of benzene rings is 1. The molecule has 0 aliphatic rings. The molecule has 92 valence electrons. The van der Waals surface area contributed by atoms with Gasteiger partial charge in [-0.25, -0.2) is 0 Å². The van der Waals surface area contributed by atoms with Crippen LogP contribution in [0.4, 0.5) is 0 Å². The van der Waals surface area contributed by atoms with E-state index in [-0.39, 0.29) is 5.91 Å². The topological polar surface area (TPSA) is 63.4 Å². The molecule has 0 saturated carbocycles. The fourth-order valence-corrected chi connectivity index (χ4v) is 1.75. The number of hydrogen-bond donors (Lipinski definition) is 1. The summed E-state index contributed by atoms with van der Waals surface area (Å²) in [6, 6.07) is 6.94. The molecule has 4 nitrogen and oxygen atoms in total. The molecule has 0 aliphatic heterocycles. The minimum atomic E-state index is -0.444. The predicted molar refractivity (Wildman–Crippen MR) is 69.8 cm³/mol. The predicted octanol–water partition coefficient (Wildman–Crippen LogP) is 1.53. The number of hydrogen-bond acceptors (Lipinski definition) is 2. The molecule has 1 aromatic rings. The van der Waals surface area contributed by atoms with Crippen molar-refractivity contribution >= 4 is 27.7 Å². The van der Waals surface area contributed by atoms with E-state index < -0.39 is 5.91 Å². The van der Waals surface area contributed by atoms with Gasteiger partial charge in [-0.05, 0) is 17.7 Å². The number of nitrogens with two attached hydrogens (primary N) is 1. The molecule has 2 N–H and O–H groups in total. The number of carbonyl (C=O) groups is 2. The molecule has 0 radical (unpaired) electrons. The Morgan fingerprint density at radius 3 is 2.35 bits per heavy atom. The standard InChI is InChI=1S/C12H15BrN2O2/c1-15(11(16)6-7-13)8-9-2-4-10(5-3-9)12(14)17/h2-5H,6-8H2,1H3,(H2,14,17).